The number of piperidine rings is 1. The summed E-state index contributed by atoms with van der Waals surface area (Å²) in [6.45, 7) is 6.59. The summed E-state index contributed by atoms with van der Waals surface area (Å²) in [6.07, 6.45) is 4.04. The number of unbranched alkanes of at least 4 members (excludes halogenated alkanes) is 1. The van der Waals surface area contributed by atoms with Gasteiger partial charge in [-0.05, 0) is 67.6 Å². The smallest absolute Gasteiger partial charge is 0.253 e. The second-order valence-electron chi connectivity index (χ2n) is 8.64. The first-order chi connectivity index (χ1) is 16.0. The second-order valence-corrected chi connectivity index (χ2v) is 8.64. The fourth-order valence-electron chi connectivity index (χ4n) is 3.73. The number of likely N-dealkylation sites (tertiary alicyclic amines) is 1. The Balaban J connectivity index is 1.48. The Bertz CT molecular complexity index is 950. The van der Waals surface area contributed by atoms with Gasteiger partial charge in [0.1, 0.15) is 0 Å². The van der Waals surface area contributed by atoms with E-state index in [1.165, 1.54) is 0 Å². The van der Waals surface area contributed by atoms with Crippen molar-refractivity contribution in [3.05, 3.63) is 59.7 Å². The maximum absolute atomic E-state index is 12.8. The van der Waals surface area contributed by atoms with Crippen molar-refractivity contribution in [2.75, 3.05) is 36.8 Å². The number of hydrogen-bond donors (Lipinski definition) is 3. The monoisotopic (exact) mass is 450 g/mol. The highest BCUT2D eigenvalue weighted by atomic mass is 16.2. The average molecular weight is 451 g/mol. The van der Waals surface area contributed by atoms with E-state index >= 15 is 0 Å². The van der Waals surface area contributed by atoms with Gasteiger partial charge in [-0.1, -0.05) is 26.3 Å². The Kier molecular flexibility index (Phi) is 8.87. The molecule has 1 heterocycles. The van der Waals surface area contributed by atoms with Crippen LogP contribution in [-0.4, -0.2) is 48.8 Å². The van der Waals surface area contributed by atoms with E-state index in [0.717, 1.165) is 44.5 Å². The molecular weight excluding hydrogens is 416 g/mol. The van der Waals surface area contributed by atoms with E-state index in [0.29, 0.717) is 29.3 Å². The SMILES string of the molecule is CCCCNC(=O)c1ccc(NCC(=O)Nc2cccc(C(=O)N3CCC(C)CC3)c2)cc1. The van der Waals surface area contributed by atoms with Crippen LogP contribution in [0.25, 0.3) is 0 Å². The van der Waals surface area contributed by atoms with E-state index in [1.807, 2.05) is 4.90 Å². The summed E-state index contributed by atoms with van der Waals surface area (Å²) in [5.41, 5.74) is 2.52. The van der Waals surface area contributed by atoms with Crippen LogP contribution in [0.5, 0.6) is 0 Å². The van der Waals surface area contributed by atoms with E-state index in [2.05, 4.69) is 29.8 Å². The van der Waals surface area contributed by atoms with Crippen molar-refractivity contribution in [2.45, 2.75) is 39.5 Å². The lowest BCUT2D eigenvalue weighted by atomic mass is 9.98. The van der Waals surface area contributed by atoms with E-state index in [-0.39, 0.29) is 24.3 Å². The third-order valence-electron chi connectivity index (χ3n) is 5.88. The molecule has 176 valence electrons. The summed E-state index contributed by atoms with van der Waals surface area (Å²) in [6, 6.07) is 14.1. The van der Waals surface area contributed by atoms with Crippen molar-refractivity contribution in [2.24, 2.45) is 5.92 Å². The molecular formula is C26H34N4O3. The molecule has 7 nitrogen and oxygen atoms in total. The highest BCUT2D eigenvalue weighted by Gasteiger charge is 2.21. The number of carbonyl (C=O) groups excluding carboxylic acids is 3. The molecule has 0 aromatic heterocycles. The van der Waals surface area contributed by atoms with Crippen LogP contribution in [0.4, 0.5) is 11.4 Å². The van der Waals surface area contributed by atoms with Gasteiger partial charge in [0.05, 0.1) is 6.54 Å². The van der Waals surface area contributed by atoms with E-state index in [4.69, 9.17) is 0 Å². The molecule has 33 heavy (non-hydrogen) atoms. The number of nitrogens with zero attached hydrogens (tertiary/aromatic N) is 1. The van der Waals surface area contributed by atoms with Crippen molar-refractivity contribution in [3.63, 3.8) is 0 Å². The number of rotatable bonds is 9. The van der Waals surface area contributed by atoms with Gasteiger partial charge in [-0.15, -0.1) is 0 Å². The van der Waals surface area contributed by atoms with Crippen LogP contribution in [0.15, 0.2) is 48.5 Å². The minimum absolute atomic E-state index is 0.00921. The predicted molar refractivity (Wildman–Crippen MR) is 132 cm³/mol. The standard InChI is InChI=1S/C26H34N4O3/c1-3-4-14-27-25(32)20-8-10-22(11-9-20)28-18-24(31)29-23-7-5-6-21(17-23)26(33)30-15-12-19(2)13-16-30/h5-11,17,19,28H,3-4,12-16,18H2,1-2H3,(H,27,32)(H,29,31). The lowest BCUT2D eigenvalue weighted by Gasteiger charge is -2.30. The summed E-state index contributed by atoms with van der Waals surface area (Å²) in [7, 11) is 0. The molecule has 0 unspecified atom stereocenters. The molecule has 1 aliphatic heterocycles. The first-order valence-corrected chi connectivity index (χ1v) is 11.8. The molecule has 1 fully saturated rings. The number of benzene rings is 2. The maximum Gasteiger partial charge on any atom is 0.253 e. The number of anilines is 2. The molecule has 0 aliphatic carbocycles. The maximum atomic E-state index is 12.8. The summed E-state index contributed by atoms with van der Waals surface area (Å²) in [4.78, 5) is 39.1. The molecule has 7 heteroatoms. The molecule has 0 spiro atoms. The summed E-state index contributed by atoms with van der Waals surface area (Å²) < 4.78 is 0. The largest absolute Gasteiger partial charge is 0.376 e. The molecule has 3 amide bonds. The Morgan fingerprint density at radius 2 is 1.70 bits per heavy atom. The Labute approximate surface area is 195 Å². The van der Waals surface area contributed by atoms with Gasteiger partial charge in [0.25, 0.3) is 11.8 Å². The van der Waals surface area contributed by atoms with Crippen molar-refractivity contribution in [1.82, 2.24) is 10.2 Å². The van der Waals surface area contributed by atoms with Crippen molar-refractivity contribution in [1.29, 1.82) is 0 Å². The number of hydrogen-bond acceptors (Lipinski definition) is 4. The van der Waals surface area contributed by atoms with E-state index in [9.17, 15) is 14.4 Å². The zero-order valence-electron chi connectivity index (χ0n) is 19.5. The van der Waals surface area contributed by atoms with E-state index in [1.54, 1.807) is 48.5 Å². The molecule has 1 aliphatic rings. The molecule has 0 atom stereocenters. The first kappa shape index (κ1) is 24.3. The third kappa shape index (κ3) is 7.34. The van der Waals surface area contributed by atoms with Crippen LogP contribution in [0.3, 0.4) is 0 Å². The van der Waals surface area contributed by atoms with Crippen molar-refractivity contribution in [3.8, 4) is 0 Å². The van der Waals surface area contributed by atoms with Gasteiger partial charge < -0.3 is 20.9 Å². The Hall–Kier alpha value is -3.35. The van der Waals surface area contributed by atoms with Crippen molar-refractivity contribution < 1.29 is 14.4 Å². The zero-order chi connectivity index (χ0) is 23.6. The Morgan fingerprint density at radius 1 is 0.970 bits per heavy atom. The van der Waals surface area contributed by atoms with Crippen molar-refractivity contribution >= 4 is 29.1 Å². The second kappa shape index (κ2) is 12.0. The Morgan fingerprint density at radius 3 is 2.39 bits per heavy atom. The molecule has 3 rings (SSSR count). The lowest BCUT2D eigenvalue weighted by molar-refractivity contribution is -0.114. The highest BCUT2D eigenvalue weighted by molar-refractivity contribution is 5.98. The van der Waals surface area contributed by atoms with Crippen LogP contribution in [-0.2, 0) is 4.79 Å². The molecule has 0 radical (unpaired) electrons. The van der Waals surface area contributed by atoms with Gasteiger partial charge in [0.15, 0.2) is 0 Å². The summed E-state index contributed by atoms with van der Waals surface area (Å²) >= 11 is 0. The normalized spacial score (nSPS) is 13.9. The van der Waals surface area contributed by atoms with E-state index < -0.39 is 0 Å². The van der Waals surface area contributed by atoms with Gasteiger partial charge in [-0.2, -0.15) is 0 Å². The van der Waals surface area contributed by atoms with Crippen LogP contribution < -0.4 is 16.0 Å². The number of nitrogens with one attached hydrogen (secondary N) is 3. The molecule has 2 aromatic rings. The minimum Gasteiger partial charge on any atom is -0.376 e. The molecule has 1 saturated heterocycles. The quantitative estimate of drug-likeness (QED) is 0.501. The number of carbonyl (C=O) groups is 3. The minimum atomic E-state index is -0.215. The molecule has 2 aromatic carbocycles. The molecule has 0 saturated carbocycles. The van der Waals surface area contributed by atoms with Crippen LogP contribution in [0.2, 0.25) is 0 Å². The fraction of sp³-hybridized carbons (Fsp3) is 0.423. The van der Waals surface area contributed by atoms with Crippen LogP contribution in [0, 0.1) is 5.92 Å². The van der Waals surface area contributed by atoms with Gasteiger partial charge in [0, 0.05) is 42.1 Å². The lowest BCUT2D eigenvalue weighted by Crippen LogP contribution is -2.37. The van der Waals surface area contributed by atoms with Gasteiger partial charge >= 0.3 is 0 Å². The zero-order valence-corrected chi connectivity index (χ0v) is 19.5. The topological polar surface area (TPSA) is 90.5 Å². The van der Waals surface area contributed by atoms with Gasteiger partial charge in [-0.25, -0.2) is 0 Å². The fourth-order valence-corrected chi connectivity index (χ4v) is 3.73. The predicted octanol–water partition coefficient (Wildman–Crippen LogP) is 4.14. The summed E-state index contributed by atoms with van der Waals surface area (Å²) in [5.74, 6) is 0.357. The van der Waals surface area contributed by atoms with Gasteiger partial charge in [-0.3, -0.25) is 14.4 Å². The summed E-state index contributed by atoms with van der Waals surface area (Å²) in [5, 5.41) is 8.78. The molecule has 0 bridgehead atoms. The molecule has 3 N–H and O–H groups in total. The first-order valence-electron chi connectivity index (χ1n) is 11.8. The third-order valence-corrected chi connectivity index (χ3v) is 5.88. The van der Waals surface area contributed by atoms with Crippen LogP contribution >= 0.6 is 0 Å². The number of amides is 3. The highest BCUT2D eigenvalue weighted by Crippen LogP contribution is 2.19. The van der Waals surface area contributed by atoms with Gasteiger partial charge in [0.2, 0.25) is 5.91 Å². The van der Waals surface area contributed by atoms with Crippen LogP contribution in [0.1, 0.15) is 60.2 Å². The average Bonchev–Trinajstić information content (AvgIpc) is 2.83.